The summed E-state index contributed by atoms with van der Waals surface area (Å²) < 4.78 is 10.4. The molecule has 0 aliphatic carbocycles. The predicted molar refractivity (Wildman–Crippen MR) is 65.2 cm³/mol. The Morgan fingerprint density at radius 3 is 2.71 bits per heavy atom. The fourth-order valence-electron chi connectivity index (χ4n) is 1.63. The van der Waals surface area contributed by atoms with Crippen LogP contribution in [0.5, 0.6) is 5.75 Å². The molecule has 0 atom stereocenters. The molecule has 0 fully saturated rings. The van der Waals surface area contributed by atoms with Gasteiger partial charge in [-0.2, -0.15) is 0 Å². The average Bonchev–Trinajstić information content (AvgIpc) is 2.25. The quantitative estimate of drug-likeness (QED) is 0.813. The van der Waals surface area contributed by atoms with Crippen molar-refractivity contribution in [2.24, 2.45) is 0 Å². The van der Waals surface area contributed by atoms with Crippen LogP contribution in [0.2, 0.25) is 0 Å². The Balaban J connectivity index is 2.09. The van der Waals surface area contributed by atoms with Crippen LogP contribution in [0.4, 0.5) is 0 Å². The molecule has 0 radical (unpaired) electrons. The summed E-state index contributed by atoms with van der Waals surface area (Å²) in [6.45, 7) is 4.20. The van der Waals surface area contributed by atoms with E-state index in [1.165, 1.54) is 11.6 Å². The van der Waals surface area contributed by atoms with Crippen molar-refractivity contribution in [1.29, 1.82) is 0 Å². The lowest BCUT2D eigenvalue weighted by atomic mass is 10.1. The van der Waals surface area contributed by atoms with Crippen LogP contribution >= 0.6 is 0 Å². The lowest BCUT2D eigenvalue weighted by Crippen LogP contribution is -2.02. The van der Waals surface area contributed by atoms with Gasteiger partial charge in [-0.15, -0.1) is 0 Å². The van der Waals surface area contributed by atoms with Gasteiger partial charge >= 0.3 is 5.63 Å². The largest absolute Gasteiger partial charge is 0.489 e. The van der Waals surface area contributed by atoms with Gasteiger partial charge in [0.05, 0.1) is 6.07 Å². The first-order valence-corrected chi connectivity index (χ1v) is 5.43. The van der Waals surface area contributed by atoms with Crippen molar-refractivity contribution in [1.82, 2.24) is 0 Å². The van der Waals surface area contributed by atoms with Crippen LogP contribution < -0.4 is 10.4 Å². The zero-order chi connectivity index (χ0) is 12.3. The van der Waals surface area contributed by atoms with Crippen LogP contribution in [-0.2, 0) is 6.61 Å². The summed E-state index contributed by atoms with van der Waals surface area (Å²) in [7, 11) is 0. The topological polar surface area (TPSA) is 39.4 Å². The van der Waals surface area contributed by atoms with Crippen molar-refractivity contribution in [3.8, 4) is 5.75 Å². The molecule has 0 unspecified atom stereocenters. The van der Waals surface area contributed by atoms with Gasteiger partial charge in [-0.25, -0.2) is 4.79 Å². The highest BCUT2D eigenvalue weighted by Gasteiger charge is 2.00. The van der Waals surface area contributed by atoms with Crippen LogP contribution in [0, 0.1) is 13.8 Å². The molecular weight excluding hydrogens is 216 g/mol. The third kappa shape index (κ3) is 3.21. The number of hydrogen-bond donors (Lipinski definition) is 0. The van der Waals surface area contributed by atoms with Gasteiger partial charge in [0.2, 0.25) is 0 Å². The number of ether oxygens (including phenoxy) is 1. The first-order valence-electron chi connectivity index (χ1n) is 5.43. The summed E-state index contributed by atoms with van der Waals surface area (Å²) in [4.78, 5) is 11.1. The van der Waals surface area contributed by atoms with Crippen molar-refractivity contribution in [2.45, 2.75) is 20.5 Å². The van der Waals surface area contributed by atoms with Gasteiger partial charge in [0.15, 0.2) is 0 Å². The lowest BCUT2D eigenvalue weighted by molar-refractivity contribution is 0.300. The zero-order valence-corrected chi connectivity index (χ0v) is 9.90. The molecule has 0 spiro atoms. The first-order chi connectivity index (χ1) is 8.13. The Bertz CT molecular complexity index is 570. The molecule has 0 saturated heterocycles. The van der Waals surface area contributed by atoms with Crippen LogP contribution in [0.15, 0.2) is 45.6 Å². The molecule has 1 aromatic carbocycles. The zero-order valence-electron chi connectivity index (χ0n) is 9.90. The van der Waals surface area contributed by atoms with Crippen molar-refractivity contribution < 1.29 is 9.15 Å². The standard InChI is InChI=1S/C14H14O3/c1-10-4-3-5-12(6-10)9-16-13-7-11(2)17-14(15)8-13/h3-8H,9H2,1-2H3. The molecule has 2 aromatic rings. The van der Waals surface area contributed by atoms with E-state index in [-0.39, 0.29) is 5.63 Å². The minimum Gasteiger partial charge on any atom is -0.489 e. The highest BCUT2D eigenvalue weighted by Crippen LogP contribution is 2.12. The van der Waals surface area contributed by atoms with Gasteiger partial charge in [0.1, 0.15) is 18.1 Å². The summed E-state index contributed by atoms with van der Waals surface area (Å²) in [5, 5.41) is 0. The highest BCUT2D eigenvalue weighted by molar-refractivity contribution is 5.24. The Morgan fingerprint density at radius 1 is 1.18 bits per heavy atom. The van der Waals surface area contributed by atoms with Crippen molar-refractivity contribution in [3.05, 3.63) is 63.7 Å². The van der Waals surface area contributed by atoms with Crippen LogP contribution in [0.1, 0.15) is 16.9 Å². The van der Waals surface area contributed by atoms with Crippen LogP contribution in [-0.4, -0.2) is 0 Å². The second-order valence-corrected chi connectivity index (χ2v) is 4.00. The Morgan fingerprint density at radius 2 is 2.00 bits per heavy atom. The van der Waals surface area contributed by atoms with Crippen LogP contribution in [0.3, 0.4) is 0 Å². The summed E-state index contributed by atoms with van der Waals surface area (Å²) in [6.07, 6.45) is 0. The molecule has 0 bridgehead atoms. The van der Waals surface area contributed by atoms with Gasteiger partial charge < -0.3 is 9.15 Å². The highest BCUT2D eigenvalue weighted by atomic mass is 16.5. The van der Waals surface area contributed by atoms with E-state index in [1.807, 2.05) is 25.1 Å². The van der Waals surface area contributed by atoms with Crippen molar-refractivity contribution in [2.75, 3.05) is 0 Å². The van der Waals surface area contributed by atoms with E-state index in [4.69, 9.17) is 9.15 Å². The number of benzene rings is 1. The van der Waals surface area contributed by atoms with Crippen molar-refractivity contribution in [3.63, 3.8) is 0 Å². The van der Waals surface area contributed by atoms with E-state index >= 15 is 0 Å². The minimum absolute atomic E-state index is 0.385. The fraction of sp³-hybridized carbons (Fsp3) is 0.214. The van der Waals surface area contributed by atoms with E-state index in [0.717, 1.165) is 5.56 Å². The maximum absolute atomic E-state index is 11.1. The maximum Gasteiger partial charge on any atom is 0.339 e. The summed E-state index contributed by atoms with van der Waals surface area (Å²) in [5.74, 6) is 1.09. The smallest absolute Gasteiger partial charge is 0.339 e. The molecule has 0 N–H and O–H groups in total. The summed E-state index contributed by atoms with van der Waals surface area (Å²) in [6, 6.07) is 11.1. The van der Waals surface area contributed by atoms with Gasteiger partial charge in [0.25, 0.3) is 0 Å². The number of rotatable bonds is 3. The summed E-state index contributed by atoms with van der Waals surface area (Å²) >= 11 is 0. The SMILES string of the molecule is Cc1cccc(COc2cc(C)oc(=O)c2)c1. The molecule has 0 aliphatic rings. The second-order valence-electron chi connectivity index (χ2n) is 4.00. The Hall–Kier alpha value is -2.03. The van der Waals surface area contributed by atoms with E-state index in [0.29, 0.717) is 18.1 Å². The average molecular weight is 230 g/mol. The van der Waals surface area contributed by atoms with Crippen LogP contribution in [0.25, 0.3) is 0 Å². The van der Waals surface area contributed by atoms with E-state index < -0.39 is 0 Å². The molecule has 0 saturated carbocycles. The molecule has 2 rings (SSSR count). The molecule has 1 aromatic heterocycles. The molecule has 3 nitrogen and oxygen atoms in total. The molecule has 0 amide bonds. The lowest BCUT2D eigenvalue weighted by Gasteiger charge is -2.06. The minimum atomic E-state index is -0.385. The number of aryl methyl sites for hydroxylation is 2. The normalized spacial score (nSPS) is 10.2. The maximum atomic E-state index is 11.1. The number of hydrogen-bond acceptors (Lipinski definition) is 3. The van der Waals surface area contributed by atoms with Gasteiger partial charge in [-0.05, 0) is 19.4 Å². The van der Waals surface area contributed by atoms with E-state index in [9.17, 15) is 4.79 Å². The van der Waals surface area contributed by atoms with Gasteiger partial charge in [-0.3, -0.25) is 0 Å². The van der Waals surface area contributed by atoms with Gasteiger partial charge in [0, 0.05) is 6.07 Å². The summed E-state index contributed by atoms with van der Waals surface area (Å²) in [5.41, 5.74) is 1.88. The molecule has 3 heteroatoms. The van der Waals surface area contributed by atoms with Crippen molar-refractivity contribution >= 4 is 0 Å². The third-order valence-corrected chi connectivity index (χ3v) is 2.36. The second kappa shape index (κ2) is 4.87. The third-order valence-electron chi connectivity index (χ3n) is 2.36. The fourth-order valence-corrected chi connectivity index (χ4v) is 1.63. The molecule has 17 heavy (non-hydrogen) atoms. The molecule has 88 valence electrons. The molecular formula is C14H14O3. The molecule has 0 aliphatic heterocycles. The van der Waals surface area contributed by atoms with E-state index in [1.54, 1.807) is 13.0 Å². The Labute approximate surface area is 99.7 Å². The Kier molecular flexibility index (Phi) is 3.28. The van der Waals surface area contributed by atoms with Gasteiger partial charge in [-0.1, -0.05) is 29.8 Å². The first kappa shape index (κ1) is 11.5. The monoisotopic (exact) mass is 230 g/mol. The predicted octanol–water partition coefficient (Wildman–Crippen LogP) is 2.84. The van der Waals surface area contributed by atoms with E-state index in [2.05, 4.69) is 6.07 Å². The molecule has 1 heterocycles.